The van der Waals surface area contributed by atoms with Crippen molar-refractivity contribution in [2.75, 3.05) is 6.54 Å². The second kappa shape index (κ2) is 12.7. The van der Waals surface area contributed by atoms with Gasteiger partial charge in [0.25, 0.3) is 0 Å². The molecule has 0 amide bonds. The Morgan fingerprint density at radius 2 is 1.36 bits per heavy atom. The zero-order valence-corrected chi connectivity index (χ0v) is 9.80. The van der Waals surface area contributed by atoms with Gasteiger partial charge in [-0.2, -0.15) is 0 Å². The topological polar surface area (TPSA) is 26.0 Å². The molecule has 0 saturated heterocycles. The first-order valence-electron chi connectivity index (χ1n) is 6.27. The van der Waals surface area contributed by atoms with Crippen LogP contribution in [-0.4, -0.2) is 6.54 Å². The zero-order chi connectivity index (χ0) is 10.5. The normalized spacial score (nSPS) is 11.3. The van der Waals surface area contributed by atoms with Gasteiger partial charge in [0, 0.05) is 6.54 Å². The van der Waals surface area contributed by atoms with Gasteiger partial charge in [-0.15, -0.1) is 0 Å². The maximum Gasteiger partial charge on any atom is 0.0106 e. The third-order valence-electron chi connectivity index (χ3n) is 2.53. The van der Waals surface area contributed by atoms with Crippen molar-refractivity contribution in [3.8, 4) is 0 Å². The molecule has 0 saturated carbocycles. The van der Waals surface area contributed by atoms with Crippen LogP contribution in [-0.2, 0) is 0 Å². The molecule has 0 atom stereocenters. The summed E-state index contributed by atoms with van der Waals surface area (Å²) in [6, 6.07) is 0. The second-order valence-electron chi connectivity index (χ2n) is 3.97. The van der Waals surface area contributed by atoms with Crippen LogP contribution in [0.1, 0.15) is 64.7 Å². The highest BCUT2D eigenvalue weighted by molar-refractivity contribution is 4.81. The van der Waals surface area contributed by atoms with E-state index in [1.807, 2.05) is 0 Å². The molecule has 0 aromatic rings. The van der Waals surface area contributed by atoms with E-state index in [9.17, 15) is 0 Å². The van der Waals surface area contributed by atoms with Gasteiger partial charge in [0.05, 0.1) is 0 Å². The summed E-state index contributed by atoms with van der Waals surface area (Å²) in [5.74, 6) is 0. The van der Waals surface area contributed by atoms with Crippen molar-refractivity contribution in [3.05, 3.63) is 12.2 Å². The van der Waals surface area contributed by atoms with Crippen molar-refractivity contribution in [2.45, 2.75) is 64.7 Å². The lowest BCUT2D eigenvalue weighted by Crippen LogP contribution is -1.91. The highest BCUT2D eigenvalue weighted by atomic mass is 14.5. The summed E-state index contributed by atoms with van der Waals surface area (Å²) in [7, 11) is 0. The molecule has 0 heterocycles. The molecule has 2 N–H and O–H groups in total. The minimum absolute atomic E-state index is 0.691. The zero-order valence-electron chi connectivity index (χ0n) is 9.80. The Bertz CT molecular complexity index is 118. The molecule has 0 aromatic heterocycles. The Labute approximate surface area is 89.8 Å². The van der Waals surface area contributed by atoms with Gasteiger partial charge in [0.15, 0.2) is 0 Å². The third-order valence-corrected chi connectivity index (χ3v) is 2.53. The molecule has 0 radical (unpaired) electrons. The summed E-state index contributed by atoms with van der Waals surface area (Å²) >= 11 is 0. The monoisotopic (exact) mass is 197 g/mol. The van der Waals surface area contributed by atoms with Crippen molar-refractivity contribution in [3.63, 3.8) is 0 Å². The van der Waals surface area contributed by atoms with Crippen molar-refractivity contribution >= 4 is 0 Å². The van der Waals surface area contributed by atoms with Gasteiger partial charge < -0.3 is 5.73 Å². The summed E-state index contributed by atoms with van der Waals surface area (Å²) in [5, 5.41) is 0. The standard InChI is InChI=1S/C13H27N/c1-2-3-4-5-6-7-8-9-10-11-12-13-14/h11-12H,2-10,13-14H2,1H3/b12-11+. The molecule has 0 fully saturated rings. The number of rotatable bonds is 10. The molecule has 0 spiro atoms. The molecule has 1 nitrogen and oxygen atoms in total. The van der Waals surface area contributed by atoms with Crippen LogP contribution in [0, 0.1) is 0 Å². The van der Waals surface area contributed by atoms with Crippen LogP contribution in [0.25, 0.3) is 0 Å². The first-order chi connectivity index (χ1) is 6.91. The lowest BCUT2D eigenvalue weighted by Gasteiger charge is -1.99. The summed E-state index contributed by atoms with van der Waals surface area (Å²) in [6.45, 7) is 2.96. The molecule has 84 valence electrons. The molecule has 0 aliphatic carbocycles. The maximum atomic E-state index is 5.35. The summed E-state index contributed by atoms with van der Waals surface area (Å²) in [6.07, 6.45) is 16.7. The number of nitrogens with two attached hydrogens (primary N) is 1. The van der Waals surface area contributed by atoms with Gasteiger partial charge in [0.1, 0.15) is 0 Å². The molecular weight excluding hydrogens is 170 g/mol. The van der Waals surface area contributed by atoms with Gasteiger partial charge in [0.2, 0.25) is 0 Å². The fourth-order valence-electron chi connectivity index (χ4n) is 1.61. The van der Waals surface area contributed by atoms with Gasteiger partial charge in [-0.3, -0.25) is 0 Å². The number of hydrogen-bond donors (Lipinski definition) is 1. The van der Waals surface area contributed by atoms with Crippen molar-refractivity contribution in [1.29, 1.82) is 0 Å². The predicted octanol–water partition coefficient (Wildman–Crippen LogP) is 4.03. The molecule has 1 heteroatoms. The molecule has 0 unspecified atom stereocenters. The molecule has 0 bridgehead atoms. The minimum Gasteiger partial charge on any atom is -0.327 e. The van der Waals surface area contributed by atoms with E-state index in [0.29, 0.717) is 6.54 Å². The van der Waals surface area contributed by atoms with Gasteiger partial charge in [-0.05, 0) is 12.8 Å². The van der Waals surface area contributed by atoms with Crippen LogP contribution in [0.3, 0.4) is 0 Å². The van der Waals surface area contributed by atoms with Crippen molar-refractivity contribution in [1.82, 2.24) is 0 Å². The highest BCUT2D eigenvalue weighted by Gasteiger charge is 1.89. The summed E-state index contributed by atoms with van der Waals surface area (Å²) < 4.78 is 0. The number of unbranched alkanes of at least 4 members (excludes halogenated alkanes) is 8. The van der Waals surface area contributed by atoms with Crippen molar-refractivity contribution in [2.24, 2.45) is 5.73 Å². The second-order valence-corrected chi connectivity index (χ2v) is 3.97. The van der Waals surface area contributed by atoms with Crippen LogP contribution >= 0.6 is 0 Å². The van der Waals surface area contributed by atoms with E-state index in [0.717, 1.165) is 0 Å². The van der Waals surface area contributed by atoms with E-state index < -0.39 is 0 Å². The largest absolute Gasteiger partial charge is 0.327 e. The Morgan fingerprint density at radius 1 is 0.786 bits per heavy atom. The molecular formula is C13H27N. The minimum atomic E-state index is 0.691. The van der Waals surface area contributed by atoms with Gasteiger partial charge in [-0.1, -0.05) is 64.0 Å². The lowest BCUT2D eigenvalue weighted by atomic mass is 10.1. The van der Waals surface area contributed by atoms with E-state index in [2.05, 4.69) is 19.1 Å². The van der Waals surface area contributed by atoms with Gasteiger partial charge in [-0.25, -0.2) is 0 Å². The number of allylic oxidation sites excluding steroid dienone is 1. The smallest absolute Gasteiger partial charge is 0.0106 e. The van der Waals surface area contributed by atoms with Crippen LogP contribution in [0.4, 0.5) is 0 Å². The van der Waals surface area contributed by atoms with E-state index in [1.165, 1.54) is 57.8 Å². The van der Waals surface area contributed by atoms with Crippen LogP contribution in [0.5, 0.6) is 0 Å². The fourth-order valence-corrected chi connectivity index (χ4v) is 1.61. The Morgan fingerprint density at radius 3 is 1.93 bits per heavy atom. The molecule has 0 aromatic carbocycles. The van der Waals surface area contributed by atoms with E-state index in [-0.39, 0.29) is 0 Å². The van der Waals surface area contributed by atoms with E-state index >= 15 is 0 Å². The fraction of sp³-hybridized carbons (Fsp3) is 0.846. The summed E-state index contributed by atoms with van der Waals surface area (Å²) in [4.78, 5) is 0. The Kier molecular flexibility index (Phi) is 12.4. The molecule has 0 rings (SSSR count). The summed E-state index contributed by atoms with van der Waals surface area (Å²) in [5.41, 5.74) is 5.35. The lowest BCUT2D eigenvalue weighted by molar-refractivity contribution is 0.577. The maximum absolute atomic E-state index is 5.35. The molecule has 0 aliphatic rings. The Balaban J connectivity index is 2.88. The average Bonchev–Trinajstić information content (AvgIpc) is 2.21. The van der Waals surface area contributed by atoms with E-state index in [4.69, 9.17) is 5.73 Å². The average molecular weight is 197 g/mol. The van der Waals surface area contributed by atoms with Crippen LogP contribution in [0.15, 0.2) is 12.2 Å². The highest BCUT2D eigenvalue weighted by Crippen LogP contribution is 2.09. The predicted molar refractivity (Wildman–Crippen MR) is 65.4 cm³/mol. The van der Waals surface area contributed by atoms with E-state index in [1.54, 1.807) is 0 Å². The van der Waals surface area contributed by atoms with Crippen molar-refractivity contribution < 1.29 is 0 Å². The number of hydrogen-bond acceptors (Lipinski definition) is 1. The Hall–Kier alpha value is -0.300. The third kappa shape index (κ3) is 11.7. The SMILES string of the molecule is CCCCCCCCCC/C=C/CN. The van der Waals surface area contributed by atoms with Crippen LogP contribution < -0.4 is 5.73 Å². The quantitative estimate of drug-likeness (QED) is 0.415. The first-order valence-corrected chi connectivity index (χ1v) is 6.27. The van der Waals surface area contributed by atoms with Gasteiger partial charge >= 0.3 is 0 Å². The molecule has 0 aliphatic heterocycles. The molecule has 14 heavy (non-hydrogen) atoms. The first kappa shape index (κ1) is 13.7. The van der Waals surface area contributed by atoms with Crippen LogP contribution in [0.2, 0.25) is 0 Å².